The molecule has 6 aromatic rings. The zero-order valence-corrected chi connectivity index (χ0v) is 40.0. The molecule has 366 valence electrons. The Balaban J connectivity index is 0.000000159. The second-order valence-corrected chi connectivity index (χ2v) is 21.1. The van der Waals surface area contributed by atoms with Gasteiger partial charge in [0.05, 0.1) is 35.6 Å². The predicted molar refractivity (Wildman–Crippen MR) is 248 cm³/mol. The van der Waals surface area contributed by atoms with Crippen molar-refractivity contribution in [3.05, 3.63) is 93.3 Å². The molecule has 0 radical (unpaired) electrons. The number of thiazole rings is 1. The van der Waals surface area contributed by atoms with E-state index >= 15 is 0 Å². The van der Waals surface area contributed by atoms with Crippen molar-refractivity contribution in [1.82, 2.24) is 20.6 Å². The van der Waals surface area contributed by atoms with Crippen LogP contribution in [0.3, 0.4) is 0 Å². The lowest BCUT2D eigenvalue weighted by molar-refractivity contribution is -0.275. The maximum Gasteiger partial charge on any atom is 0.573 e. The van der Waals surface area contributed by atoms with Crippen LogP contribution in [0.5, 0.6) is 11.5 Å². The quantitative estimate of drug-likeness (QED) is 0.111. The fourth-order valence-corrected chi connectivity index (χ4v) is 12.8. The van der Waals surface area contributed by atoms with Crippen molar-refractivity contribution in [3.8, 4) is 34.0 Å². The molecule has 19 heteroatoms. The van der Waals surface area contributed by atoms with Gasteiger partial charge in [-0.15, -0.1) is 26.3 Å². The van der Waals surface area contributed by atoms with Crippen molar-refractivity contribution in [3.63, 3.8) is 0 Å². The van der Waals surface area contributed by atoms with Gasteiger partial charge in [0.15, 0.2) is 5.13 Å². The van der Waals surface area contributed by atoms with Gasteiger partial charge in [-0.05, 0) is 126 Å². The first-order valence-electron chi connectivity index (χ1n) is 23.7. The number of rotatable bonds is 13. The number of hydrogen-bond acceptors (Lipinski definition) is 12. The van der Waals surface area contributed by atoms with Crippen LogP contribution in [0.25, 0.3) is 32.7 Å². The van der Waals surface area contributed by atoms with Crippen molar-refractivity contribution in [2.75, 3.05) is 4.90 Å². The summed E-state index contributed by atoms with van der Waals surface area (Å²) in [6.07, 6.45) is 2.78. The van der Waals surface area contributed by atoms with Crippen LogP contribution >= 0.6 is 27.3 Å². The number of halogens is 7. The lowest BCUT2D eigenvalue weighted by atomic mass is 10.00. The SMILES string of the molecule is Cc1cc(Br)cc2sc(N3[C@@H]4CC[C@H]3CC(OCc3c(-c5ccccc5OC(F)(F)F)noc3C3CC3)C4)nc12.FC(F)(F)Oc1ccccc1-c1noc(C2CC2)c1COC1C[C@H]2CC[C@@H](C1)N2. The summed E-state index contributed by atoms with van der Waals surface area (Å²) in [5, 5.41) is 13.0. The third-order valence-corrected chi connectivity index (χ3v) is 15.6. The standard InChI is InChI=1S/C29H27BrF3N3O3S.C21H23F3N2O3/c1-15-10-17(30)11-24-25(15)34-28(40-24)36-18-8-9-19(36)13-20(12-18)37-14-22-26(35-39-27(22)16-6-7-16)21-4-2-3-5-23(21)38-29(31,32)33;22-21(23,24)28-18-4-2-1-3-16(18)19-17(20(29-26-19)12-5-6-12)11-27-15-9-13-7-8-14(10-15)25-13/h2-5,10-11,16,18-20H,6-9,12-14H2,1H3;1-4,12-15,25H,5-11H2/t18-,19+,20?;13-,14+,15?. The first kappa shape index (κ1) is 46.7. The van der Waals surface area contributed by atoms with Crippen LogP contribution < -0.4 is 19.7 Å². The van der Waals surface area contributed by atoms with Gasteiger partial charge in [0.2, 0.25) is 0 Å². The van der Waals surface area contributed by atoms with Crippen LogP contribution in [0.15, 0.2) is 74.2 Å². The fourth-order valence-electron chi connectivity index (χ4n) is 10.8. The van der Waals surface area contributed by atoms with Gasteiger partial charge in [0.1, 0.15) is 34.4 Å². The number of ether oxygens (including phenoxy) is 4. The molecule has 6 fully saturated rings. The van der Waals surface area contributed by atoms with Crippen molar-refractivity contribution in [1.29, 1.82) is 0 Å². The first-order chi connectivity index (χ1) is 33.2. The van der Waals surface area contributed by atoms with Gasteiger partial charge in [-0.3, -0.25) is 0 Å². The summed E-state index contributed by atoms with van der Waals surface area (Å²) in [6, 6.07) is 18.0. The summed E-state index contributed by atoms with van der Waals surface area (Å²) in [7, 11) is 0. The highest BCUT2D eigenvalue weighted by Gasteiger charge is 2.44. The van der Waals surface area contributed by atoms with Crippen molar-refractivity contribution >= 4 is 42.6 Å². The number of anilines is 1. The van der Waals surface area contributed by atoms with E-state index in [0.29, 0.717) is 41.3 Å². The maximum atomic E-state index is 13.1. The van der Waals surface area contributed by atoms with Gasteiger partial charge >= 0.3 is 12.7 Å². The number of alkyl halides is 6. The smallest absolute Gasteiger partial charge is 0.405 e. The Labute approximate surface area is 406 Å². The lowest BCUT2D eigenvalue weighted by Crippen LogP contribution is -2.45. The second-order valence-electron chi connectivity index (χ2n) is 19.2. The summed E-state index contributed by atoms with van der Waals surface area (Å²) < 4.78 is 113. The average molecular weight is 1040 g/mol. The maximum absolute atomic E-state index is 13.1. The number of piperidine rings is 2. The number of aromatic nitrogens is 3. The van der Waals surface area contributed by atoms with Crippen LogP contribution in [0.1, 0.15) is 117 Å². The van der Waals surface area contributed by atoms with Crippen LogP contribution in [0.4, 0.5) is 31.5 Å². The van der Waals surface area contributed by atoms with Gasteiger partial charge in [-0.1, -0.05) is 61.8 Å². The summed E-state index contributed by atoms with van der Waals surface area (Å²) in [5.74, 6) is 1.38. The van der Waals surface area contributed by atoms with Crippen molar-refractivity contribution in [2.45, 2.75) is 158 Å². The molecular weight excluding hydrogens is 993 g/mol. The van der Waals surface area contributed by atoms with Crippen LogP contribution in [-0.2, 0) is 22.7 Å². The van der Waals surface area contributed by atoms with Gasteiger partial charge in [0.25, 0.3) is 0 Å². The minimum absolute atomic E-state index is 0.0375. The number of nitrogens with one attached hydrogen (secondary N) is 1. The number of fused-ring (bicyclic) bond motifs is 5. The lowest BCUT2D eigenvalue weighted by Gasteiger charge is -2.38. The van der Waals surface area contributed by atoms with E-state index in [1.54, 1.807) is 35.6 Å². The monoisotopic (exact) mass is 1040 g/mol. The molecule has 0 spiro atoms. The van der Waals surface area contributed by atoms with Gasteiger partial charge < -0.3 is 38.2 Å². The Morgan fingerprint density at radius 2 is 1.17 bits per heavy atom. The van der Waals surface area contributed by atoms with Gasteiger partial charge in [-0.2, -0.15) is 0 Å². The summed E-state index contributed by atoms with van der Waals surface area (Å²) in [4.78, 5) is 7.51. The molecule has 0 amide bonds. The normalized spacial score (nSPS) is 24.4. The van der Waals surface area contributed by atoms with Crippen LogP contribution in [0.2, 0.25) is 0 Å². The fraction of sp³-hybridized carbons (Fsp3) is 0.500. The van der Waals surface area contributed by atoms with E-state index in [0.717, 1.165) is 102 Å². The number of benzene rings is 3. The number of aryl methyl sites for hydroxylation is 1. The molecule has 2 aliphatic carbocycles. The zero-order valence-electron chi connectivity index (χ0n) is 37.6. The highest BCUT2D eigenvalue weighted by Crippen LogP contribution is 2.49. The Kier molecular flexibility index (Phi) is 12.7. The van der Waals surface area contributed by atoms with E-state index in [1.807, 2.05) is 0 Å². The molecule has 2 unspecified atom stereocenters. The molecule has 11 nitrogen and oxygen atoms in total. The Morgan fingerprint density at radius 3 is 1.67 bits per heavy atom. The molecule has 3 aromatic carbocycles. The van der Waals surface area contributed by atoms with Crippen molar-refractivity contribution < 1.29 is 54.3 Å². The molecule has 12 rings (SSSR count). The van der Waals surface area contributed by atoms with Gasteiger partial charge in [-0.25, -0.2) is 4.98 Å². The molecule has 4 bridgehead atoms. The van der Waals surface area contributed by atoms with E-state index in [1.165, 1.54) is 41.8 Å². The molecule has 3 aromatic heterocycles. The second kappa shape index (κ2) is 18.8. The topological polar surface area (TPSA) is 117 Å². The molecule has 4 saturated heterocycles. The summed E-state index contributed by atoms with van der Waals surface area (Å²) in [6.45, 7) is 2.62. The number of para-hydroxylation sites is 2. The van der Waals surface area contributed by atoms with Gasteiger partial charge in [0, 0.05) is 62.7 Å². The molecule has 6 atom stereocenters. The van der Waals surface area contributed by atoms with Crippen LogP contribution in [0, 0.1) is 6.92 Å². The minimum Gasteiger partial charge on any atom is -0.405 e. The van der Waals surface area contributed by atoms with Crippen molar-refractivity contribution in [2.24, 2.45) is 0 Å². The zero-order chi connectivity index (χ0) is 47.6. The third kappa shape index (κ3) is 10.4. The summed E-state index contributed by atoms with van der Waals surface area (Å²) in [5.41, 5.74) is 4.95. The van der Waals surface area contributed by atoms with E-state index in [-0.39, 0.29) is 59.9 Å². The van der Waals surface area contributed by atoms with E-state index in [4.69, 9.17) is 23.5 Å². The molecule has 7 heterocycles. The molecule has 2 saturated carbocycles. The molecular formula is C50H50BrF6N5O6S. The molecule has 6 aliphatic rings. The van der Waals surface area contributed by atoms with E-state index < -0.39 is 12.7 Å². The minimum atomic E-state index is -4.80. The van der Waals surface area contributed by atoms with E-state index in [9.17, 15) is 26.3 Å². The number of hydrogen-bond donors (Lipinski definition) is 1. The van der Waals surface area contributed by atoms with E-state index in [2.05, 4.69) is 65.0 Å². The number of nitrogens with zero attached hydrogens (tertiary/aromatic N) is 4. The Hall–Kier alpha value is -4.69. The molecule has 1 N–H and O–H groups in total. The molecule has 69 heavy (non-hydrogen) atoms. The third-order valence-electron chi connectivity index (χ3n) is 14.2. The molecule has 4 aliphatic heterocycles. The Bertz CT molecular complexity index is 2780. The van der Waals surface area contributed by atoms with Crippen LogP contribution in [-0.4, -0.2) is 64.4 Å². The Morgan fingerprint density at radius 1 is 0.681 bits per heavy atom. The predicted octanol–water partition coefficient (Wildman–Crippen LogP) is 13.4. The average Bonchev–Trinajstić information content (AvgIpc) is 4.13. The highest BCUT2D eigenvalue weighted by molar-refractivity contribution is 9.10. The summed E-state index contributed by atoms with van der Waals surface area (Å²) >= 11 is 5.34. The largest absolute Gasteiger partial charge is 0.573 e. The first-order valence-corrected chi connectivity index (χ1v) is 25.3. The highest BCUT2D eigenvalue weighted by atomic mass is 79.9.